The summed E-state index contributed by atoms with van der Waals surface area (Å²) in [5, 5.41) is 2.55. The Labute approximate surface area is 104 Å². The highest BCUT2D eigenvalue weighted by Crippen LogP contribution is 2.10. The Balaban J connectivity index is 1.87. The van der Waals surface area contributed by atoms with Crippen LogP contribution in [0, 0.1) is 0 Å². The third-order valence-electron chi connectivity index (χ3n) is 2.48. The number of nitrogens with one attached hydrogen (secondary N) is 2. The summed E-state index contributed by atoms with van der Waals surface area (Å²) in [7, 11) is 0. The molecule has 0 saturated carbocycles. The standard InChI is InChI=1S/C12H14N2O4/c1-8(18-9-5-3-2-4-6-9)11(15)13-10-7-17-14-12(10)16/h2-6,8,10H,7H2,1H3,(H,13,15)(H,14,16)/t8?,10-/m0/s1. The van der Waals surface area contributed by atoms with E-state index in [0.717, 1.165) is 0 Å². The first kappa shape index (κ1) is 12.4. The zero-order valence-corrected chi connectivity index (χ0v) is 9.88. The van der Waals surface area contributed by atoms with E-state index in [1.165, 1.54) is 0 Å². The first-order valence-electron chi connectivity index (χ1n) is 5.60. The molecule has 1 aromatic carbocycles. The Kier molecular flexibility index (Phi) is 3.78. The molecule has 1 aliphatic heterocycles. The predicted octanol–water partition coefficient (Wildman–Crippen LogP) is 0.0001000. The van der Waals surface area contributed by atoms with E-state index in [2.05, 4.69) is 10.8 Å². The lowest BCUT2D eigenvalue weighted by atomic mass is 10.2. The van der Waals surface area contributed by atoms with E-state index in [0.29, 0.717) is 5.75 Å². The number of carbonyl (C=O) groups excluding carboxylic acids is 2. The van der Waals surface area contributed by atoms with Crippen molar-refractivity contribution in [3.63, 3.8) is 0 Å². The summed E-state index contributed by atoms with van der Waals surface area (Å²) in [6.45, 7) is 1.75. The molecule has 6 heteroatoms. The maximum absolute atomic E-state index is 11.8. The van der Waals surface area contributed by atoms with Gasteiger partial charge in [0.25, 0.3) is 11.8 Å². The summed E-state index contributed by atoms with van der Waals surface area (Å²) < 4.78 is 5.44. The van der Waals surface area contributed by atoms with Crippen LogP contribution in [0.2, 0.25) is 0 Å². The maximum atomic E-state index is 11.8. The summed E-state index contributed by atoms with van der Waals surface area (Å²) in [6, 6.07) is 8.36. The molecule has 6 nitrogen and oxygen atoms in total. The lowest BCUT2D eigenvalue weighted by Crippen LogP contribution is -2.46. The second-order valence-electron chi connectivity index (χ2n) is 3.91. The van der Waals surface area contributed by atoms with Crippen molar-refractivity contribution in [1.82, 2.24) is 10.8 Å². The molecular formula is C12H14N2O4. The van der Waals surface area contributed by atoms with E-state index >= 15 is 0 Å². The number of hydrogen-bond donors (Lipinski definition) is 2. The first-order chi connectivity index (χ1) is 8.66. The zero-order valence-electron chi connectivity index (χ0n) is 9.88. The molecule has 2 rings (SSSR count). The van der Waals surface area contributed by atoms with Gasteiger partial charge in [-0.25, -0.2) is 5.48 Å². The van der Waals surface area contributed by atoms with Crippen LogP contribution in [0.3, 0.4) is 0 Å². The van der Waals surface area contributed by atoms with Gasteiger partial charge in [-0.05, 0) is 19.1 Å². The number of benzene rings is 1. The average Bonchev–Trinajstić information content (AvgIpc) is 2.76. The van der Waals surface area contributed by atoms with Crippen molar-refractivity contribution in [1.29, 1.82) is 0 Å². The molecule has 1 unspecified atom stereocenters. The molecule has 2 amide bonds. The van der Waals surface area contributed by atoms with Crippen LogP contribution in [0.15, 0.2) is 30.3 Å². The number of para-hydroxylation sites is 1. The molecule has 2 N–H and O–H groups in total. The minimum absolute atomic E-state index is 0.128. The quantitative estimate of drug-likeness (QED) is 0.788. The molecule has 1 saturated heterocycles. The van der Waals surface area contributed by atoms with Crippen LogP contribution in [0.5, 0.6) is 5.75 Å². The maximum Gasteiger partial charge on any atom is 0.268 e. The van der Waals surface area contributed by atoms with Crippen molar-refractivity contribution in [2.24, 2.45) is 0 Å². The van der Waals surface area contributed by atoms with E-state index in [1.54, 1.807) is 19.1 Å². The van der Waals surface area contributed by atoms with Crippen LogP contribution in [-0.2, 0) is 14.4 Å². The smallest absolute Gasteiger partial charge is 0.268 e. The van der Waals surface area contributed by atoms with Crippen LogP contribution in [0.1, 0.15) is 6.92 Å². The first-order valence-corrected chi connectivity index (χ1v) is 5.60. The SMILES string of the molecule is CC(Oc1ccccc1)C(=O)N[C@H]1CONC1=O. The van der Waals surface area contributed by atoms with Crippen molar-refractivity contribution in [2.75, 3.05) is 6.61 Å². The van der Waals surface area contributed by atoms with Crippen molar-refractivity contribution in [3.05, 3.63) is 30.3 Å². The van der Waals surface area contributed by atoms with Gasteiger partial charge in [0.1, 0.15) is 18.4 Å². The molecule has 0 aromatic heterocycles. The van der Waals surface area contributed by atoms with Gasteiger partial charge in [0, 0.05) is 0 Å². The molecular weight excluding hydrogens is 236 g/mol. The minimum atomic E-state index is -0.680. The normalized spacial score (nSPS) is 20.1. The molecule has 2 atom stereocenters. The van der Waals surface area contributed by atoms with Gasteiger partial charge in [0.05, 0.1) is 0 Å². The number of hydrogen-bond acceptors (Lipinski definition) is 4. The third kappa shape index (κ3) is 2.98. The summed E-state index contributed by atoms with van der Waals surface area (Å²) in [5.74, 6) is -0.105. The van der Waals surface area contributed by atoms with E-state index in [4.69, 9.17) is 9.57 Å². The van der Waals surface area contributed by atoms with E-state index in [1.807, 2.05) is 18.2 Å². The van der Waals surface area contributed by atoms with E-state index in [-0.39, 0.29) is 18.4 Å². The molecule has 1 aliphatic rings. The highest BCUT2D eigenvalue weighted by Gasteiger charge is 2.29. The second-order valence-corrected chi connectivity index (χ2v) is 3.91. The number of ether oxygens (including phenoxy) is 1. The van der Waals surface area contributed by atoms with Crippen LogP contribution in [0.25, 0.3) is 0 Å². The Morgan fingerprint density at radius 2 is 2.22 bits per heavy atom. The highest BCUT2D eigenvalue weighted by atomic mass is 16.7. The second kappa shape index (κ2) is 5.50. The average molecular weight is 250 g/mol. The van der Waals surface area contributed by atoms with Crippen LogP contribution < -0.4 is 15.5 Å². The van der Waals surface area contributed by atoms with Gasteiger partial charge >= 0.3 is 0 Å². The Morgan fingerprint density at radius 3 is 2.83 bits per heavy atom. The molecule has 1 aromatic rings. The molecule has 1 fully saturated rings. The Hall–Kier alpha value is -2.08. The van der Waals surface area contributed by atoms with Gasteiger partial charge in [-0.2, -0.15) is 0 Å². The van der Waals surface area contributed by atoms with Gasteiger partial charge in [-0.15, -0.1) is 0 Å². The minimum Gasteiger partial charge on any atom is -0.481 e. The zero-order chi connectivity index (χ0) is 13.0. The molecule has 18 heavy (non-hydrogen) atoms. The highest BCUT2D eigenvalue weighted by molar-refractivity contribution is 5.89. The summed E-state index contributed by atoms with van der Waals surface area (Å²) in [4.78, 5) is 27.7. The summed E-state index contributed by atoms with van der Waals surface area (Å²) >= 11 is 0. The molecule has 0 spiro atoms. The van der Waals surface area contributed by atoms with Gasteiger partial charge < -0.3 is 10.1 Å². The van der Waals surface area contributed by atoms with Crippen molar-refractivity contribution >= 4 is 11.8 Å². The molecule has 1 heterocycles. The van der Waals surface area contributed by atoms with E-state index in [9.17, 15) is 9.59 Å². The number of rotatable bonds is 4. The predicted molar refractivity (Wildman–Crippen MR) is 62.6 cm³/mol. The van der Waals surface area contributed by atoms with Crippen molar-refractivity contribution in [2.45, 2.75) is 19.1 Å². The Morgan fingerprint density at radius 1 is 1.50 bits per heavy atom. The van der Waals surface area contributed by atoms with Gasteiger partial charge in [0.15, 0.2) is 6.10 Å². The summed E-state index contributed by atoms with van der Waals surface area (Å²) in [6.07, 6.45) is -0.680. The summed E-state index contributed by atoms with van der Waals surface area (Å²) in [5.41, 5.74) is 2.17. The van der Waals surface area contributed by atoms with Crippen LogP contribution in [0.4, 0.5) is 0 Å². The molecule has 96 valence electrons. The molecule has 0 bridgehead atoms. The van der Waals surface area contributed by atoms with E-state index < -0.39 is 12.1 Å². The van der Waals surface area contributed by atoms with Gasteiger partial charge in [-0.3, -0.25) is 14.4 Å². The third-order valence-corrected chi connectivity index (χ3v) is 2.48. The van der Waals surface area contributed by atoms with Gasteiger partial charge in [0.2, 0.25) is 0 Å². The topological polar surface area (TPSA) is 76.7 Å². The number of hydroxylamine groups is 1. The number of carbonyl (C=O) groups is 2. The largest absolute Gasteiger partial charge is 0.481 e. The lowest BCUT2D eigenvalue weighted by Gasteiger charge is -2.16. The van der Waals surface area contributed by atoms with Crippen LogP contribution in [-0.4, -0.2) is 30.6 Å². The van der Waals surface area contributed by atoms with Gasteiger partial charge in [-0.1, -0.05) is 18.2 Å². The Bertz CT molecular complexity index is 435. The molecule has 0 aliphatic carbocycles. The van der Waals surface area contributed by atoms with Crippen molar-refractivity contribution < 1.29 is 19.2 Å². The lowest BCUT2D eigenvalue weighted by molar-refractivity contribution is -0.131. The van der Waals surface area contributed by atoms with Crippen molar-refractivity contribution in [3.8, 4) is 5.75 Å². The fourth-order valence-electron chi connectivity index (χ4n) is 1.50. The van der Waals surface area contributed by atoms with Crippen LogP contribution >= 0.6 is 0 Å². The molecule has 0 radical (unpaired) electrons. The fourth-order valence-corrected chi connectivity index (χ4v) is 1.50. The number of amides is 2. The fraction of sp³-hybridized carbons (Fsp3) is 0.333. The monoisotopic (exact) mass is 250 g/mol.